The van der Waals surface area contributed by atoms with Crippen molar-refractivity contribution in [2.45, 2.75) is 25.8 Å². The van der Waals surface area contributed by atoms with E-state index >= 15 is 0 Å². The summed E-state index contributed by atoms with van der Waals surface area (Å²) in [6, 6.07) is 0. The average Bonchev–Trinajstić information content (AvgIpc) is 1.86. The monoisotopic (exact) mass is 129 g/mol. The van der Waals surface area contributed by atoms with E-state index in [1.54, 1.807) is 7.05 Å². The molecule has 0 rings (SSSR count). The summed E-state index contributed by atoms with van der Waals surface area (Å²) in [7, 11) is 1.65. The van der Waals surface area contributed by atoms with Gasteiger partial charge in [-0.15, -0.1) is 4.91 Å². The third kappa shape index (κ3) is 2.00. The van der Waals surface area contributed by atoms with Gasteiger partial charge in [-0.05, 0) is 20.3 Å². The molecule has 3 heteroatoms. The van der Waals surface area contributed by atoms with Gasteiger partial charge in [0.25, 0.3) is 0 Å². The first-order valence-electron chi connectivity index (χ1n) is 2.91. The van der Waals surface area contributed by atoms with Gasteiger partial charge in [-0.1, -0.05) is 6.92 Å². The zero-order valence-corrected chi connectivity index (χ0v) is 6.22. The van der Waals surface area contributed by atoms with Crippen LogP contribution in [0.3, 0.4) is 0 Å². The molecule has 9 heavy (non-hydrogen) atoms. The molecule has 0 saturated heterocycles. The van der Waals surface area contributed by atoms with E-state index in [0.717, 1.165) is 0 Å². The first-order chi connectivity index (χ1) is 4.04. The van der Waals surface area contributed by atoms with Crippen LogP contribution in [0.4, 0.5) is 0 Å². The molecule has 0 fully saturated rings. The Morgan fingerprint density at radius 2 is 2.11 bits per heavy atom. The highest BCUT2D eigenvalue weighted by Crippen LogP contribution is 2.15. The summed E-state index contributed by atoms with van der Waals surface area (Å²) in [5, 5.41) is 4.15. The van der Waals surface area contributed by atoms with Gasteiger partial charge in [-0.25, -0.2) is 0 Å². The quantitative estimate of drug-likeness (QED) is 0.428. The molecular weight excluding hydrogens is 116 g/mol. The zero-order chi connectivity index (χ0) is 7.49. The van der Waals surface area contributed by atoms with Gasteiger partial charge in [0.05, 0.1) is 10.8 Å². The Bertz CT molecular complexity index is 101. The number of nitroso groups, excluding NO2 is 1. The first-order valence-corrected chi connectivity index (χ1v) is 2.91. The first kappa shape index (κ1) is 8.40. The number of hydrogen-bond acceptors (Lipinski definition) is 2. The van der Waals surface area contributed by atoms with E-state index in [1.807, 2.05) is 13.8 Å². The number of hydrogen-bond donors (Lipinski definition) is 0. The molecule has 0 heterocycles. The minimum atomic E-state index is -0.207. The van der Waals surface area contributed by atoms with E-state index in [0.29, 0.717) is 6.42 Å². The second-order valence-corrected chi connectivity index (χ2v) is 2.67. The van der Waals surface area contributed by atoms with Gasteiger partial charge in [0, 0.05) is 7.05 Å². The molecule has 0 aromatic heterocycles. The average molecular weight is 129 g/mol. The predicted molar refractivity (Wildman–Crippen MR) is 37.6 cm³/mol. The van der Waals surface area contributed by atoms with Gasteiger partial charge < -0.3 is 0 Å². The van der Waals surface area contributed by atoms with Crippen molar-refractivity contribution in [3.63, 3.8) is 0 Å². The summed E-state index contributed by atoms with van der Waals surface area (Å²) >= 11 is 0. The van der Waals surface area contributed by atoms with Crippen molar-refractivity contribution in [2.75, 3.05) is 7.05 Å². The summed E-state index contributed by atoms with van der Waals surface area (Å²) in [4.78, 5) is 9.96. The van der Waals surface area contributed by atoms with Crippen molar-refractivity contribution in [2.24, 2.45) is 5.29 Å². The molecule has 0 amide bonds. The van der Waals surface area contributed by atoms with E-state index in [9.17, 15) is 4.91 Å². The Morgan fingerprint density at radius 3 is 2.22 bits per heavy atom. The van der Waals surface area contributed by atoms with Crippen molar-refractivity contribution >= 4 is 0 Å². The van der Waals surface area contributed by atoms with Crippen LogP contribution in [0, 0.1) is 11.8 Å². The second-order valence-electron chi connectivity index (χ2n) is 2.67. The third-order valence-electron chi connectivity index (χ3n) is 1.61. The van der Waals surface area contributed by atoms with E-state index < -0.39 is 0 Å². The Kier molecular flexibility index (Phi) is 2.62. The molecule has 0 saturated carbocycles. The van der Waals surface area contributed by atoms with Crippen LogP contribution in [0.2, 0.25) is 0 Å². The van der Waals surface area contributed by atoms with Gasteiger partial charge in [-0.2, -0.15) is 0 Å². The maximum absolute atomic E-state index is 9.96. The fraction of sp³-hybridized carbons (Fsp3) is 0.833. The minimum absolute atomic E-state index is 0.207. The lowest BCUT2D eigenvalue weighted by Gasteiger charge is -2.28. The molecule has 0 atom stereocenters. The maximum Gasteiger partial charge on any atom is 0.0551 e. The van der Waals surface area contributed by atoms with Crippen molar-refractivity contribution in [3.05, 3.63) is 11.8 Å². The van der Waals surface area contributed by atoms with Crippen molar-refractivity contribution in [1.29, 1.82) is 0 Å². The van der Waals surface area contributed by atoms with Gasteiger partial charge in [0.1, 0.15) is 0 Å². The van der Waals surface area contributed by atoms with Crippen LogP contribution in [0.5, 0.6) is 0 Å². The van der Waals surface area contributed by atoms with Crippen LogP contribution in [0.25, 0.3) is 0 Å². The normalized spacial score (nSPS) is 11.1. The van der Waals surface area contributed by atoms with Crippen LogP contribution in [0.15, 0.2) is 5.29 Å². The van der Waals surface area contributed by atoms with Crippen molar-refractivity contribution in [3.8, 4) is 0 Å². The lowest BCUT2D eigenvalue weighted by Crippen LogP contribution is -2.36. The van der Waals surface area contributed by atoms with Crippen LogP contribution < -0.4 is 0 Å². The van der Waals surface area contributed by atoms with Gasteiger partial charge in [0.2, 0.25) is 0 Å². The van der Waals surface area contributed by atoms with E-state index in [2.05, 4.69) is 12.2 Å². The summed E-state index contributed by atoms with van der Waals surface area (Å²) in [6.45, 7) is 7.52. The molecular formula is C6H13N2O. The molecule has 0 bridgehead atoms. The van der Waals surface area contributed by atoms with Crippen LogP contribution >= 0.6 is 0 Å². The molecule has 1 radical (unpaired) electrons. The smallest absolute Gasteiger partial charge is 0.0551 e. The molecule has 0 aliphatic rings. The molecule has 0 aliphatic carbocycles. The summed E-state index contributed by atoms with van der Waals surface area (Å²) < 4.78 is 0. The Labute approximate surface area is 56.0 Å². The van der Waals surface area contributed by atoms with Gasteiger partial charge >= 0.3 is 0 Å². The fourth-order valence-corrected chi connectivity index (χ4v) is 0.272. The van der Waals surface area contributed by atoms with Gasteiger partial charge in [0.15, 0.2) is 0 Å². The Hall–Kier alpha value is -0.600. The SMILES string of the molecule is [CH2]CC(C)(C)N(C)N=O. The molecule has 0 aliphatic heterocycles. The Morgan fingerprint density at radius 1 is 1.67 bits per heavy atom. The van der Waals surface area contributed by atoms with E-state index in [-0.39, 0.29) is 5.54 Å². The summed E-state index contributed by atoms with van der Waals surface area (Å²) in [6.07, 6.45) is 0.676. The largest absolute Gasteiger partial charge is 0.258 e. The van der Waals surface area contributed by atoms with Crippen LogP contribution in [0.1, 0.15) is 20.3 Å². The maximum atomic E-state index is 9.96. The molecule has 0 N–H and O–H groups in total. The zero-order valence-electron chi connectivity index (χ0n) is 6.22. The summed E-state index contributed by atoms with van der Waals surface area (Å²) in [5.74, 6) is 0. The summed E-state index contributed by atoms with van der Waals surface area (Å²) in [5.41, 5.74) is -0.207. The molecule has 0 unspecified atom stereocenters. The second kappa shape index (κ2) is 2.80. The molecule has 0 aromatic carbocycles. The molecule has 53 valence electrons. The van der Waals surface area contributed by atoms with Crippen LogP contribution in [-0.2, 0) is 0 Å². The lowest BCUT2D eigenvalue weighted by atomic mass is 10.0. The van der Waals surface area contributed by atoms with Crippen LogP contribution in [-0.4, -0.2) is 17.6 Å². The van der Waals surface area contributed by atoms with Crippen molar-refractivity contribution < 1.29 is 0 Å². The standard InChI is InChI=1S/C6H13N2O/c1-5-6(2,3)8(4)7-9/h1,5H2,2-4H3. The minimum Gasteiger partial charge on any atom is -0.258 e. The Balaban J connectivity index is 3.95. The van der Waals surface area contributed by atoms with E-state index in [1.165, 1.54) is 5.01 Å². The number of rotatable bonds is 3. The topological polar surface area (TPSA) is 32.7 Å². The van der Waals surface area contributed by atoms with Gasteiger partial charge in [-0.3, -0.25) is 5.01 Å². The fourth-order valence-electron chi connectivity index (χ4n) is 0.272. The molecule has 0 aromatic rings. The highest BCUT2D eigenvalue weighted by Gasteiger charge is 2.20. The number of nitrogens with zero attached hydrogens (tertiary/aromatic N) is 2. The van der Waals surface area contributed by atoms with E-state index in [4.69, 9.17) is 0 Å². The van der Waals surface area contributed by atoms with Crippen molar-refractivity contribution in [1.82, 2.24) is 5.01 Å². The third-order valence-corrected chi connectivity index (χ3v) is 1.61. The highest BCUT2D eigenvalue weighted by molar-refractivity contribution is 4.77. The highest BCUT2D eigenvalue weighted by atomic mass is 16.3. The molecule has 3 nitrogen and oxygen atoms in total. The lowest BCUT2D eigenvalue weighted by molar-refractivity contribution is 0.162. The predicted octanol–water partition coefficient (Wildman–Crippen LogP) is 1.60. The molecule has 0 spiro atoms.